The third-order valence-electron chi connectivity index (χ3n) is 4.70. The summed E-state index contributed by atoms with van der Waals surface area (Å²) in [5, 5.41) is 3.06. The van der Waals surface area contributed by atoms with Crippen molar-refractivity contribution in [3.8, 4) is 0 Å². The second-order valence-electron chi connectivity index (χ2n) is 6.63. The lowest BCUT2D eigenvalue weighted by atomic mass is 10.2. The molecule has 0 radical (unpaired) electrons. The highest BCUT2D eigenvalue weighted by molar-refractivity contribution is 6.32. The lowest BCUT2D eigenvalue weighted by molar-refractivity contribution is 0.0746. The van der Waals surface area contributed by atoms with E-state index in [0.717, 1.165) is 12.2 Å². The minimum Gasteiger partial charge on any atom is -0.385 e. The molecule has 1 saturated heterocycles. The topological polar surface area (TPSA) is 87.7 Å². The smallest absolute Gasteiger partial charge is 0.257 e. The Morgan fingerprint density at radius 2 is 1.97 bits per heavy atom. The van der Waals surface area contributed by atoms with Gasteiger partial charge in [0.05, 0.1) is 11.1 Å². The fourth-order valence-corrected chi connectivity index (χ4v) is 3.28. The van der Waals surface area contributed by atoms with Gasteiger partial charge in [-0.2, -0.15) is 0 Å². The number of methoxy groups -OCH3 is 1. The first-order valence-corrected chi connectivity index (χ1v) is 9.86. The van der Waals surface area contributed by atoms with Crippen LogP contribution in [0.1, 0.15) is 27.1 Å². The van der Waals surface area contributed by atoms with E-state index in [4.69, 9.17) is 16.3 Å². The molecule has 3 heterocycles. The van der Waals surface area contributed by atoms with Crippen molar-refractivity contribution in [3.05, 3.63) is 52.9 Å². The normalized spacial score (nSPS) is 14.0. The highest BCUT2D eigenvalue weighted by Crippen LogP contribution is 2.18. The van der Waals surface area contributed by atoms with E-state index in [1.165, 1.54) is 0 Å². The van der Waals surface area contributed by atoms with Gasteiger partial charge in [0.2, 0.25) is 0 Å². The average Bonchev–Trinajstić information content (AvgIpc) is 2.77. The molecule has 2 aromatic heterocycles. The van der Waals surface area contributed by atoms with Crippen molar-refractivity contribution in [2.75, 3.05) is 51.3 Å². The molecule has 2 aromatic rings. The minimum absolute atomic E-state index is 0.115. The van der Waals surface area contributed by atoms with Crippen molar-refractivity contribution >= 4 is 29.2 Å². The highest BCUT2D eigenvalue weighted by Gasteiger charge is 2.24. The Morgan fingerprint density at radius 3 is 2.62 bits per heavy atom. The number of rotatable bonds is 7. The summed E-state index contributed by atoms with van der Waals surface area (Å²) >= 11 is 6.03. The molecular weight excluding hydrogens is 394 g/mol. The number of hydrogen-bond donors (Lipinski definition) is 1. The zero-order valence-electron chi connectivity index (χ0n) is 16.3. The summed E-state index contributed by atoms with van der Waals surface area (Å²) in [7, 11) is 1.63. The van der Waals surface area contributed by atoms with Crippen LogP contribution >= 0.6 is 11.6 Å². The summed E-state index contributed by atoms with van der Waals surface area (Å²) in [5.74, 6) is 0.521. The predicted molar refractivity (Wildman–Crippen MR) is 110 cm³/mol. The van der Waals surface area contributed by atoms with Gasteiger partial charge < -0.3 is 19.9 Å². The molecular formula is C20H24ClN5O3. The SMILES string of the molecule is COCCCNC(=O)c1ccc(N2CCN(C(=O)c3cccnc3Cl)CC2)nc1. The Balaban J connectivity index is 1.52. The van der Waals surface area contributed by atoms with Crippen LogP contribution in [0, 0.1) is 0 Å². The average molecular weight is 418 g/mol. The number of aromatic nitrogens is 2. The Morgan fingerprint density at radius 1 is 1.17 bits per heavy atom. The van der Waals surface area contributed by atoms with Crippen LogP contribution in [0.2, 0.25) is 5.15 Å². The summed E-state index contributed by atoms with van der Waals surface area (Å²) in [6.45, 7) is 3.60. The van der Waals surface area contributed by atoms with E-state index in [2.05, 4.69) is 20.2 Å². The van der Waals surface area contributed by atoms with Gasteiger partial charge in [-0.15, -0.1) is 0 Å². The molecule has 3 rings (SSSR count). The first kappa shape index (κ1) is 21.0. The van der Waals surface area contributed by atoms with E-state index < -0.39 is 0 Å². The van der Waals surface area contributed by atoms with E-state index in [1.54, 1.807) is 42.6 Å². The van der Waals surface area contributed by atoms with E-state index in [0.29, 0.717) is 50.5 Å². The molecule has 0 spiro atoms. The maximum Gasteiger partial charge on any atom is 0.257 e. The fraction of sp³-hybridized carbons (Fsp3) is 0.400. The number of hydrogen-bond acceptors (Lipinski definition) is 6. The first-order chi connectivity index (χ1) is 14.1. The van der Waals surface area contributed by atoms with Crippen LogP contribution in [0.15, 0.2) is 36.7 Å². The van der Waals surface area contributed by atoms with Gasteiger partial charge in [0.1, 0.15) is 11.0 Å². The Hall–Kier alpha value is -2.71. The molecule has 8 nitrogen and oxygen atoms in total. The van der Waals surface area contributed by atoms with Crippen molar-refractivity contribution in [1.29, 1.82) is 0 Å². The van der Waals surface area contributed by atoms with Crippen molar-refractivity contribution in [3.63, 3.8) is 0 Å². The van der Waals surface area contributed by atoms with Crippen LogP contribution in [-0.2, 0) is 4.74 Å². The van der Waals surface area contributed by atoms with Crippen molar-refractivity contribution in [1.82, 2.24) is 20.2 Å². The monoisotopic (exact) mass is 417 g/mol. The number of amides is 2. The van der Waals surface area contributed by atoms with Gasteiger partial charge in [0.25, 0.3) is 11.8 Å². The molecule has 154 valence electrons. The number of ether oxygens (including phenoxy) is 1. The second kappa shape index (κ2) is 10.2. The van der Waals surface area contributed by atoms with E-state index in [9.17, 15) is 9.59 Å². The van der Waals surface area contributed by atoms with E-state index in [1.807, 2.05) is 6.07 Å². The Bertz CT molecular complexity index is 838. The van der Waals surface area contributed by atoms with Crippen LogP contribution in [-0.4, -0.2) is 73.1 Å². The molecule has 1 aliphatic rings. The van der Waals surface area contributed by atoms with E-state index in [-0.39, 0.29) is 17.0 Å². The number of nitrogens with zero attached hydrogens (tertiary/aromatic N) is 4. The summed E-state index contributed by atoms with van der Waals surface area (Å²) in [5.41, 5.74) is 0.938. The highest BCUT2D eigenvalue weighted by atomic mass is 35.5. The third-order valence-corrected chi connectivity index (χ3v) is 5.00. The molecule has 1 fully saturated rings. The zero-order chi connectivity index (χ0) is 20.6. The minimum atomic E-state index is -0.149. The Labute approximate surface area is 174 Å². The zero-order valence-corrected chi connectivity index (χ0v) is 17.1. The van der Waals surface area contributed by atoms with Gasteiger partial charge in [0, 0.05) is 58.8 Å². The maximum absolute atomic E-state index is 12.6. The van der Waals surface area contributed by atoms with Crippen LogP contribution < -0.4 is 10.2 Å². The lowest BCUT2D eigenvalue weighted by Crippen LogP contribution is -2.49. The lowest BCUT2D eigenvalue weighted by Gasteiger charge is -2.35. The van der Waals surface area contributed by atoms with Gasteiger partial charge >= 0.3 is 0 Å². The Kier molecular flexibility index (Phi) is 7.37. The standard InChI is InChI=1S/C20H24ClN5O3/c1-29-13-3-8-23-19(27)15-5-6-17(24-14-15)25-9-11-26(12-10-25)20(28)16-4-2-7-22-18(16)21/h2,4-7,14H,3,8-13H2,1H3,(H,23,27). The molecule has 1 aliphatic heterocycles. The van der Waals surface area contributed by atoms with Crippen LogP contribution in [0.3, 0.4) is 0 Å². The van der Waals surface area contributed by atoms with Gasteiger partial charge in [-0.1, -0.05) is 11.6 Å². The van der Waals surface area contributed by atoms with Crippen LogP contribution in [0.25, 0.3) is 0 Å². The molecule has 1 N–H and O–H groups in total. The molecule has 0 aromatic carbocycles. The van der Waals surface area contributed by atoms with Crippen molar-refractivity contribution < 1.29 is 14.3 Å². The fourth-order valence-electron chi connectivity index (χ4n) is 3.08. The number of anilines is 1. The third kappa shape index (κ3) is 5.42. The molecule has 2 amide bonds. The van der Waals surface area contributed by atoms with Gasteiger partial charge in [-0.05, 0) is 30.7 Å². The number of carbonyl (C=O) groups is 2. The van der Waals surface area contributed by atoms with Gasteiger partial charge in [0.15, 0.2) is 0 Å². The number of nitrogens with one attached hydrogen (secondary N) is 1. The molecule has 0 saturated carbocycles. The van der Waals surface area contributed by atoms with Gasteiger partial charge in [-0.3, -0.25) is 9.59 Å². The molecule has 29 heavy (non-hydrogen) atoms. The summed E-state index contributed by atoms with van der Waals surface area (Å²) in [4.78, 5) is 37.0. The number of halogens is 1. The first-order valence-electron chi connectivity index (χ1n) is 9.48. The molecule has 0 unspecified atom stereocenters. The molecule has 9 heteroatoms. The predicted octanol–water partition coefficient (Wildman–Crippen LogP) is 1.86. The number of pyridine rings is 2. The van der Waals surface area contributed by atoms with Crippen molar-refractivity contribution in [2.45, 2.75) is 6.42 Å². The number of piperazine rings is 1. The van der Waals surface area contributed by atoms with Crippen molar-refractivity contribution in [2.24, 2.45) is 0 Å². The van der Waals surface area contributed by atoms with E-state index >= 15 is 0 Å². The second-order valence-corrected chi connectivity index (χ2v) is 6.99. The van der Waals surface area contributed by atoms with Crippen LogP contribution in [0.5, 0.6) is 0 Å². The molecule has 0 aliphatic carbocycles. The summed E-state index contributed by atoms with van der Waals surface area (Å²) in [6, 6.07) is 6.99. The maximum atomic E-state index is 12.6. The number of carbonyl (C=O) groups excluding carboxylic acids is 2. The summed E-state index contributed by atoms with van der Waals surface area (Å²) < 4.78 is 4.96. The summed E-state index contributed by atoms with van der Waals surface area (Å²) in [6.07, 6.45) is 3.90. The molecule has 0 bridgehead atoms. The largest absolute Gasteiger partial charge is 0.385 e. The van der Waals surface area contributed by atoms with Crippen LogP contribution in [0.4, 0.5) is 5.82 Å². The quantitative estimate of drug-likeness (QED) is 0.546. The molecule has 0 atom stereocenters. The van der Waals surface area contributed by atoms with Gasteiger partial charge in [-0.25, -0.2) is 9.97 Å².